The third-order valence-electron chi connectivity index (χ3n) is 1.94. The van der Waals surface area contributed by atoms with Crippen LogP contribution in [0.1, 0.15) is 12.8 Å². The molecule has 0 spiro atoms. The van der Waals surface area contributed by atoms with Crippen molar-refractivity contribution in [1.29, 1.82) is 0 Å². The predicted octanol–water partition coefficient (Wildman–Crippen LogP) is -0.0362. The second-order valence-corrected chi connectivity index (χ2v) is 3.56. The summed E-state index contributed by atoms with van der Waals surface area (Å²) in [7, 11) is 5.99. The van der Waals surface area contributed by atoms with Crippen LogP contribution in [0.2, 0.25) is 0 Å². The molecule has 1 rings (SSSR count). The van der Waals surface area contributed by atoms with Crippen molar-refractivity contribution >= 4 is 5.95 Å². The number of hydrogen-bond donors (Lipinski definition) is 1. The quantitative estimate of drug-likeness (QED) is 0.650. The summed E-state index contributed by atoms with van der Waals surface area (Å²) in [5.74, 6) is 0.731. The van der Waals surface area contributed by atoms with Crippen LogP contribution in [0, 0.1) is 0 Å². The molecule has 0 fully saturated rings. The first-order valence-electron chi connectivity index (χ1n) is 4.81. The van der Waals surface area contributed by atoms with E-state index in [4.69, 9.17) is 0 Å². The van der Waals surface area contributed by atoms with Crippen molar-refractivity contribution in [3.8, 4) is 0 Å². The minimum absolute atomic E-state index is 0.731. The van der Waals surface area contributed by atoms with Gasteiger partial charge in [-0.1, -0.05) is 5.10 Å². The largest absolute Gasteiger partial charge is 0.353 e. The van der Waals surface area contributed by atoms with Crippen molar-refractivity contribution < 1.29 is 0 Å². The molecule has 1 heterocycles. The second-order valence-electron chi connectivity index (χ2n) is 3.56. The molecule has 0 unspecified atom stereocenters. The molecular weight excluding hydrogens is 180 g/mol. The maximum atomic E-state index is 3.83. The van der Waals surface area contributed by atoms with Crippen molar-refractivity contribution in [2.24, 2.45) is 7.05 Å². The average Bonchev–Trinajstić information content (AvgIpc) is 2.51. The molecule has 0 bridgehead atoms. The number of hydrogen-bond acceptors (Lipinski definition) is 5. The van der Waals surface area contributed by atoms with Crippen LogP contribution < -0.4 is 5.32 Å². The van der Waals surface area contributed by atoms with E-state index in [1.165, 1.54) is 6.42 Å². The van der Waals surface area contributed by atoms with Crippen molar-refractivity contribution in [2.75, 3.05) is 32.5 Å². The van der Waals surface area contributed by atoms with Crippen molar-refractivity contribution in [1.82, 2.24) is 25.1 Å². The van der Waals surface area contributed by atoms with Gasteiger partial charge in [0, 0.05) is 13.6 Å². The van der Waals surface area contributed by atoms with Gasteiger partial charge in [0.25, 0.3) is 0 Å². The molecule has 0 aromatic carbocycles. The Hall–Kier alpha value is -1.17. The molecule has 14 heavy (non-hydrogen) atoms. The van der Waals surface area contributed by atoms with Gasteiger partial charge in [-0.05, 0) is 43.9 Å². The van der Waals surface area contributed by atoms with Crippen LogP contribution in [0.4, 0.5) is 5.95 Å². The SMILES string of the molecule is CN(C)CCCCNc1nnnn1C. The highest BCUT2D eigenvalue weighted by Crippen LogP contribution is 1.97. The third-order valence-corrected chi connectivity index (χ3v) is 1.94. The number of anilines is 1. The molecular formula is C8H18N6. The van der Waals surface area contributed by atoms with Crippen LogP contribution >= 0.6 is 0 Å². The number of aryl methyl sites for hydroxylation is 1. The summed E-state index contributed by atoms with van der Waals surface area (Å²) in [5, 5.41) is 14.3. The Balaban J connectivity index is 2.08. The van der Waals surface area contributed by atoms with Gasteiger partial charge in [-0.3, -0.25) is 0 Å². The van der Waals surface area contributed by atoms with Crippen LogP contribution in [0.25, 0.3) is 0 Å². The predicted molar refractivity (Wildman–Crippen MR) is 55.1 cm³/mol. The fraction of sp³-hybridized carbons (Fsp3) is 0.875. The first-order chi connectivity index (χ1) is 6.70. The van der Waals surface area contributed by atoms with Crippen LogP contribution in [0.3, 0.4) is 0 Å². The van der Waals surface area contributed by atoms with E-state index in [0.29, 0.717) is 0 Å². The molecule has 0 radical (unpaired) electrons. The lowest BCUT2D eigenvalue weighted by Crippen LogP contribution is -2.14. The Bertz CT molecular complexity index is 256. The Kier molecular flexibility index (Phi) is 4.31. The van der Waals surface area contributed by atoms with Gasteiger partial charge >= 0.3 is 0 Å². The zero-order valence-corrected chi connectivity index (χ0v) is 9.06. The van der Waals surface area contributed by atoms with E-state index in [1.807, 2.05) is 7.05 Å². The van der Waals surface area contributed by atoms with E-state index in [9.17, 15) is 0 Å². The lowest BCUT2D eigenvalue weighted by molar-refractivity contribution is 0.396. The normalized spacial score (nSPS) is 10.9. The van der Waals surface area contributed by atoms with Crippen LogP contribution in [0.15, 0.2) is 0 Å². The van der Waals surface area contributed by atoms with Gasteiger partial charge in [-0.2, -0.15) is 0 Å². The average molecular weight is 198 g/mol. The highest BCUT2D eigenvalue weighted by atomic mass is 15.6. The molecule has 0 aliphatic carbocycles. The Morgan fingerprint density at radius 3 is 2.71 bits per heavy atom. The maximum absolute atomic E-state index is 3.83. The summed E-state index contributed by atoms with van der Waals surface area (Å²) in [5.41, 5.74) is 0. The molecule has 6 nitrogen and oxygen atoms in total. The molecule has 0 atom stereocenters. The monoisotopic (exact) mass is 198 g/mol. The number of aromatic nitrogens is 4. The van der Waals surface area contributed by atoms with Gasteiger partial charge in [0.1, 0.15) is 0 Å². The van der Waals surface area contributed by atoms with Gasteiger partial charge in [-0.15, -0.1) is 0 Å². The summed E-state index contributed by atoms with van der Waals surface area (Å²) in [6.07, 6.45) is 2.32. The summed E-state index contributed by atoms with van der Waals surface area (Å²) < 4.78 is 1.63. The minimum atomic E-state index is 0.731. The highest BCUT2D eigenvalue weighted by molar-refractivity contribution is 5.20. The summed E-state index contributed by atoms with van der Waals surface area (Å²) >= 11 is 0. The number of nitrogens with zero attached hydrogens (tertiary/aromatic N) is 5. The number of unbranched alkanes of at least 4 members (excludes halogenated alkanes) is 1. The molecule has 0 saturated heterocycles. The zero-order valence-electron chi connectivity index (χ0n) is 9.06. The lowest BCUT2D eigenvalue weighted by Gasteiger charge is -2.08. The van der Waals surface area contributed by atoms with Crippen LogP contribution in [0.5, 0.6) is 0 Å². The summed E-state index contributed by atoms with van der Waals surface area (Å²) in [4.78, 5) is 2.18. The molecule has 0 aliphatic rings. The Morgan fingerprint density at radius 1 is 1.36 bits per heavy atom. The maximum Gasteiger partial charge on any atom is 0.242 e. The molecule has 1 N–H and O–H groups in total. The Morgan fingerprint density at radius 2 is 2.14 bits per heavy atom. The minimum Gasteiger partial charge on any atom is -0.353 e. The summed E-state index contributed by atoms with van der Waals surface area (Å²) in [6, 6.07) is 0. The van der Waals surface area contributed by atoms with E-state index >= 15 is 0 Å². The molecule has 1 aromatic rings. The molecule has 1 aromatic heterocycles. The third kappa shape index (κ3) is 3.69. The smallest absolute Gasteiger partial charge is 0.242 e. The van der Waals surface area contributed by atoms with Gasteiger partial charge in [0.05, 0.1) is 0 Å². The topological polar surface area (TPSA) is 58.9 Å². The van der Waals surface area contributed by atoms with Gasteiger partial charge in [0.15, 0.2) is 0 Å². The molecule has 80 valence electrons. The second kappa shape index (κ2) is 5.54. The summed E-state index contributed by atoms with van der Waals surface area (Å²) in [6.45, 7) is 2.04. The molecule has 0 saturated carbocycles. The van der Waals surface area contributed by atoms with E-state index in [-0.39, 0.29) is 0 Å². The van der Waals surface area contributed by atoms with Crippen LogP contribution in [-0.4, -0.2) is 52.3 Å². The standard InChI is InChI=1S/C8H18N6/c1-13(2)7-5-4-6-9-8-10-11-12-14(8)3/h4-7H2,1-3H3,(H,9,10,12). The fourth-order valence-electron chi connectivity index (χ4n) is 1.13. The van der Waals surface area contributed by atoms with Gasteiger partial charge in [-0.25, -0.2) is 4.68 Å². The van der Waals surface area contributed by atoms with E-state index in [2.05, 4.69) is 39.8 Å². The van der Waals surface area contributed by atoms with E-state index in [0.717, 1.165) is 25.5 Å². The van der Waals surface area contributed by atoms with Gasteiger partial charge in [0.2, 0.25) is 5.95 Å². The number of rotatable bonds is 6. The highest BCUT2D eigenvalue weighted by Gasteiger charge is 1.99. The van der Waals surface area contributed by atoms with E-state index < -0.39 is 0 Å². The molecule has 6 heteroatoms. The first-order valence-corrected chi connectivity index (χ1v) is 4.81. The fourth-order valence-corrected chi connectivity index (χ4v) is 1.13. The van der Waals surface area contributed by atoms with Crippen LogP contribution in [-0.2, 0) is 7.05 Å². The molecule has 0 aliphatic heterocycles. The van der Waals surface area contributed by atoms with E-state index in [1.54, 1.807) is 4.68 Å². The first kappa shape index (κ1) is 10.9. The lowest BCUT2D eigenvalue weighted by atomic mass is 10.3. The zero-order chi connectivity index (χ0) is 10.4. The number of tetrazole rings is 1. The van der Waals surface area contributed by atoms with Crippen molar-refractivity contribution in [2.45, 2.75) is 12.8 Å². The van der Waals surface area contributed by atoms with Crippen molar-refractivity contribution in [3.05, 3.63) is 0 Å². The van der Waals surface area contributed by atoms with Gasteiger partial charge < -0.3 is 10.2 Å². The number of nitrogens with one attached hydrogen (secondary N) is 1. The molecule has 0 amide bonds. The Labute approximate surface area is 84.3 Å². The van der Waals surface area contributed by atoms with Crippen molar-refractivity contribution in [3.63, 3.8) is 0 Å².